The number of allylic oxidation sites excluding steroid dienone is 1. The van der Waals surface area contributed by atoms with Crippen LogP contribution < -0.4 is 4.74 Å². The number of halogens is 2. The van der Waals surface area contributed by atoms with E-state index in [1.165, 1.54) is 12.3 Å². The highest BCUT2D eigenvalue weighted by Crippen LogP contribution is 2.17. The summed E-state index contributed by atoms with van der Waals surface area (Å²) in [5.41, 5.74) is 0. The maximum Gasteiger partial charge on any atom is 0.250 e. The summed E-state index contributed by atoms with van der Waals surface area (Å²) in [6.07, 6.45) is 5.11. The molecule has 0 fully saturated rings. The zero-order valence-electron chi connectivity index (χ0n) is 7.13. The number of pyridine rings is 1. The average molecular weight is 246 g/mol. The van der Waals surface area contributed by atoms with Crippen molar-refractivity contribution in [3.63, 3.8) is 0 Å². The SMILES string of the molecule is C/C=C/COc1ncc(Br)cc1F. The number of ether oxygens (including phenoxy) is 1. The lowest BCUT2D eigenvalue weighted by molar-refractivity contribution is 0.326. The van der Waals surface area contributed by atoms with E-state index in [-0.39, 0.29) is 5.88 Å². The maximum absolute atomic E-state index is 13.0. The first kappa shape index (κ1) is 10.2. The number of aromatic nitrogens is 1. The molecule has 0 aromatic carbocycles. The Bertz CT molecular complexity index is 314. The van der Waals surface area contributed by atoms with Crippen LogP contribution in [-0.2, 0) is 0 Å². The molecule has 0 bridgehead atoms. The predicted octanol–water partition coefficient (Wildman–Crippen LogP) is 2.94. The molecule has 0 atom stereocenters. The molecule has 0 unspecified atom stereocenters. The second-order valence-corrected chi connectivity index (χ2v) is 3.24. The monoisotopic (exact) mass is 245 g/mol. The highest BCUT2D eigenvalue weighted by Gasteiger charge is 2.03. The smallest absolute Gasteiger partial charge is 0.250 e. The number of rotatable bonds is 3. The minimum absolute atomic E-state index is 0.0290. The lowest BCUT2D eigenvalue weighted by Crippen LogP contribution is -1.98. The zero-order chi connectivity index (χ0) is 9.68. The van der Waals surface area contributed by atoms with Gasteiger partial charge in [0.1, 0.15) is 6.61 Å². The minimum atomic E-state index is -0.459. The Morgan fingerprint density at radius 2 is 2.46 bits per heavy atom. The van der Waals surface area contributed by atoms with E-state index < -0.39 is 5.82 Å². The lowest BCUT2D eigenvalue weighted by atomic mass is 10.4. The average Bonchev–Trinajstić information content (AvgIpc) is 2.09. The molecule has 0 radical (unpaired) electrons. The van der Waals surface area contributed by atoms with Crippen LogP contribution in [0.15, 0.2) is 28.9 Å². The Morgan fingerprint density at radius 1 is 1.69 bits per heavy atom. The van der Waals surface area contributed by atoms with E-state index in [4.69, 9.17) is 4.74 Å². The van der Waals surface area contributed by atoms with Gasteiger partial charge < -0.3 is 4.74 Å². The summed E-state index contributed by atoms with van der Waals surface area (Å²) < 4.78 is 18.7. The molecule has 0 aliphatic carbocycles. The Balaban J connectivity index is 2.66. The van der Waals surface area contributed by atoms with Crippen molar-refractivity contribution in [3.8, 4) is 5.88 Å². The molecule has 0 aliphatic heterocycles. The van der Waals surface area contributed by atoms with E-state index in [0.29, 0.717) is 11.1 Å². The quantitative estimate of drug-likeness (QED) is 0.765. The number of nitrogens with zero attached hydrogens (tertiary/aromatic N) is 1. The Labute approximate surface area is 84.6 Å². The van der Waals surface area contributed by atoms with Crippen molar-refractivity contribution in [2.45, 2.75) is 6.92 Å². The minimum Gasteiger partial charge on any atom is -0.471 e. The van der Waals surface area contributed by atoms with Crippen molar-refractivity contribution in [2.75, 3.05) is 6.61 Å². The third-order valence-electron chi connectivity index (χ3n) is 1.33. The fourth-order valence-electron chi connectivity index (χ4n) is 0.732. The number of hydrogen-bond acceptors (Lipinski definition) is 2. The van der Waals surface area contributed by atoms with Gasteiger partial charge in [0.2, 0.25) is 0 Å². The molecule has 0 saturated heterocycles. The fourth-order valence-corrected chi connectivity index (χ4v) is 1.03. The van der Waals surface area contributed by atoms with Crippen molar-refractivity contribution < 1.29 is 9.13 Å². The highest BCUT2D eigenvalue weighted by molar-refractivity contribution is 9.10. The summed E-state index contributed by atoms with van der Waals surface area (Å²) in [5.74, 6) is -0.430. The normalized spacial score (nSPS) is 10.7. The molecule has 1 aromatic heterocycles. The van der Waals surface area contributed by atoms with Gasteiger partial charge in [-0.15, -0.1) is 0 Å². The van der Waals surface area contributed by atoms with Gasteiger partial charge in [-0.1, -0.05) is 12.2 Å². The fraction of sp³-hybridized carbons (Fsp3) is 0.222. The molecule has 0 aliphatic rings. The number of hydrogen-bond donors (Lipinski definition) is 0. The molecule has 2 nitrogen and oxygen atoms in total. The molecular weight excluding hydrogens is 237 g/mol. The molecule has 13 heavy (non-hydrogen) atoms. The van der Waals surface area contributed by atoms with Crippen LogP contribution in [0.5, 0.6) is 5.88 Å². The third kappa shape index (κ3) is 3.14. The molecule has 1 rings (SSSR count). The Kier molecular flexibility index (Phi) is 3.89. The van der Waals surface area contributed by atoms with Gasteiger partial charge in [-0.2, -0.15) is 0 Å². The maximum atomic E-state index is 13.0. The lowest BCUT2D eigenvalue weighted by Gasteiger charge is -2.02. The predicted molar refractivity (Wildman–Crippen MR) is 52.2 cm³/mol. The van der Waals surface area contributed by atoms with Gasteiger partial charge in [0, 0.05) is 10.7 Å². The van der Waals surface area contributed by atoms with Gasteiger partial charge in [-0.05, 0) is 28.9 Å². The van der Waals surface area contributed by atoms with E-state index in [0.717, 1.165) is 0 Å². The first-order valence-electron chi connectivity index (χ1n) is 3.79. The molecule has 1 aromatic rings. The van der Waals surface area contributed by atoms with Crippen LogP contribution >= 0.6 is 15.9 Å². The van der Waals surface area contributed by atoms with Crippen LogP contribution in [-0.4, -0.2) is 11.6 Å². The summed E-state index contributed by atoms with van der Waals surface area (Å²) in [6, 6.07) is 1.32. The molecule has 1 heterocycles. The highest BCUT2D eigenvalue weighted by atomic mass is 79.9. The zero-order valence-corrected chi connectivity index (χ0v) is 8.71. The summed E-state index contributed by atoms with van der Waals surface area (Å²) in [4.78, 5) is 3.77. The topological polar surface area (TPSA) is 22.1 Å². The van der Waals surface area contributed by atoms with E-state index in [1.54, 1.807) is 6.08 Å². The van der Waals surface area contributed by atoms with Crippen molar-refractivity contribution >= 4 is 15.9 Å². The Morgan fingerprint density at radius 3 is 3.08 bits per heavy atom. The second-order valence-electron chi connectivity index (χ2n) is 2.32. The van der Waals surface area contributed by atoms with Crippen molar-refractivity contribution in [2.24, 2.45) is 0 Å². The molecular formula is C9H9BrFNO. The van der Waals surface area contributed by atoms with Crippen LogP contribution in [0, 0.1) is 5.82 Å². The molecule has 70 valence electrons. The van der Waals surface area contributed by atoms with Gasteiger partial charge in [0.15, 0.2) is 5.82 Å². The molecule has 0 saturated carbocycles. The van der Waals surface area contributed by atoms with Gasteiger partial charge in [0.05, 0.1) is 0 Å². The van der Waals surface area contributed by atoms with E-state index in [2.05, 4.69) is 20.9 Å². The van der Waals surface area contributed by atoms with Crippen molar-refractivity contribution in [1.82, 2.24) is 4.98 Å². The molecule has 0 amide bonds. The van der Waals surface area contributed by atoms with Crippen LogP contribution in [0.25, 0.3) is 0 Å². The van der Waals surface area contributed by atoms with Crippen LogP contribution in [0.1, 0.15) is 6.92 Å². The van der Waals surface area contributed by atoms with Gasteiger partial charge in [0.25, 0.3) is 5.88 Å². The van der Waals surface area contributed by atoms with Crippen LogP contribution in [0.2, 0.25) is 0 Å². The molecule has 0 spiro atoms. The third-order valence-corrected chi connectivity index (χ3v) is 1.76. The second kappa shape index (κ2) is 4.97. The van der Waals surface area contributed by atoms with Gasteiger partial charge >= 0.3 is 0 Å². The van der Waals surface area contributed by atoms with Crippen molar-refractivity contribution in [1.29, 1.82) is 0 Å². The summed E-state index contributed by atoms with van der Waals surface area (Å²) in [6.45, 7) is 2.21. The van der Waals surface area contributed by atoms with Crippen LogP contribution in [0.4, 0.5) is 4.39 Å². The molecule has 0 N–H and O–H groups in total. The van der Waals surface area contributed by atoms with Crippen LogP contribution in [0.3, 0.4) is 0 Å². The first-order chi connectivity index (χ1) is 6.24. The Hall–Kier alpha value is -0.900. The standard InChI is InChI=1S/C9H9BrFNO/c1-2-3-4-13-9-8(11)5-7(10)6-12-9/h2-3,5-6H,4H2,1H3/b3-2+. The van der Waals surface area contributed by atoms with Crippen molar-refractivity contribution in [3.05, 3.63) is 34.7 Å². The first-order valence-corrected chi connectivity index (χ1v) is 4.58. The van der Waals surface area contributed by atoms with Gasteiger partial charge in [-0.3, -0.25) is 0 Å². The summed E-state index contributed by atoms with van der Waals surface area (Å²) in [5, 5.41) is 0. The van der Waals surface area contributed by atoms with E-state index >= 15 is 0 Å². The van der Waals surface area contributed by atoms with Gasteiger partial charge in [-0.25, -0.2) is 9.37 Å². The summed E-state index contributed by atoms with van der Waals surface area (Å²) in [7, 11) is 0. The largest absolute Gasteiger partial charge is 0.471 e. The molecule has 4 heteroatoms. The van der Waals surface area contributed by atoms with E-state index in [9.17, 15) is 4.39 Å². The summed E-state index contributed by atoms with van der Waals surface area (Å²) >= 11 is 3.11. The van der Waals surface area contributed by atoms with E-state index in [1.807, 2.05) is 13.0 Å².